The largest absolute Gasteiger partial charge is 0.493 e. The normalized spacial score (nSPS) is 23.9. The van der Waals surface area contributed by atoms with Gasteiger partial charge in [-0.1, -0.05) is 31.0 Å². The second-order valence-corrected chi connectivity index (χ2v) is 7.37. The van der Waals surface area contributed by atoms with Gasteiger partial charge in [0.15, 0.2) is 0 Å². The topological polar surface area (TPSA) is 58.6 Å². The van der Waals surface area contributed by atoms with Gasteiger partial charge in [0.25, 0.3) is 10.2 Å². The van der Waals surface area contributed by atoms with Crippen LogP contribution < -0.4 is 9.46 Å². The zero-order valence-electron chi connectivity index (χ0n) is 12.1. The van der Waals surface area contributed by atoms with Gasteiger partial charge in [-0.15, -0.1) is 0 Å². The molecule has 1 aromatic carbocycles. The average Bonchev–Trinajstić information content (AvgIpc) is 2.77. The summed E-state index contributed by atoms with van der Waals surface area (Å²) in [5.74, 6) is 0.785. The SMILES string of the molecule is O=S(=O)(N[C@H]1CCOc2ccccc21)N1CCCCCC1. The van der Waals surface area contributed by atoms with Crippen molar-refractivity contribution in [1.29, 1.82) is 0 Å². The minimum Gasteiger partial charge on any atom is -0.493 e. The van der Waals surface area contributed by atoms with Gasteiger partial charge in [0.2, 0.25) is 0 Å². The standard InChI is InChI=1S/C15H22N2O3S/c18-21(19,17-10-5-1-2-6-11-17)16-14-9-12-20-15-8-4-3-7-13(14)15/h3-4,7-8,14,16H,1-2,5-6,9-12H2/t14-/m0/s1. The van der Waals surface area contributed by atoms with Crippen LogP contribution >= 0.6 is 0 Å². The van der Waals surface area contributed by atoms with Gasteiger partial charge >= 0.3 is 0 Å². The van der Waals surface area contributed by atoms with Gasteiger partial charge in [-0.25, -0.2) is 0 Å². The molecule has 0 unspecified atom stereocenters. The van der Waals surface area contributed by atoms with Crippen molar-refractivity contribution in [3.8, 4) is 5.75 Å². The third-order valence-corrected chi connectivity index (χ3v) is 5.78. The summed E-state index contributed by atoms with van der Waals surface area (Å²) in [5.41, 5.74) is 0.933. The maximum absolute atomic E-state index is 12.6. The Kier molecular flexibility index (Phi) is 4.47. The lowest BCUT2D eigenvalue weighted by Gasteiger charge is -2.29. The van der Waals surface area contributed by atoms with E-state index in [4.69, 9.17) is 4.74 Å². The summed E-state index contributed by atoms with van der Waals surface area (Å²) >= 11 is 0. The Morgan fingerprint density at radius 1 is 1.10 bits per heavy atom. The summed E-state index contributed by atoms with van der Waals surface area (Å²) in [6.45, 7) is 1.80. The summed E-state index contributed by atoms with van der Waals surface area (Å²) in [7, 11) is -3.42. The smallest absolute Gasteiger partial charge is 0.280 e. The Labute approximate surface area is 126 Å². The van der Waals surface area contributed by atoms with Crippen molar-refractivity contribution < 1.29 is 13.2 Å². The molecule has 116 valence electrons. The highest BCUT2D eigenvalue weighted by atomic mass is 32.2. The van der Waals surface area contributed by atoms with Crippen LogP contribution in [0.4, 0.5) is 0 Å². The zero-order chi connectivity index (χ0) is 14.7. The molecule has 1 atom stereocenters. The van der Waals surface area contributed by atoms with E-state index in [2.05, 4.69) is 4.72 Å². The Balaban J connectivity index is 1.76. The molecule has 0 radical (unpaired) electrons. The van der Waals surface area contributed by atoms with E-state index < -0.39 is 10.2 Å². The van der Waals surface area contributed by atoms with Gasteiger partial charge in [0.05, 0.1) is 12.6 Å². The lowest BCUT2D eigenvalue weighted by Crippen LogP contribution is -2.43. The lowest BCUT2D eigenvalue weighted by atomic mass is 10.0. The van der Waals surface area contributed by atoms with Gasteiger partial charge in [-0.3, -0.25) is 0 Å². The van der Waals surface area contributed by atoms with E-state index in [1.165, 1.54) is 0 Å². The van der Waals surface area contributed by atoms with Crippen LogP contribution in [-0.4, -0.2) is 32.4 Å². The van der Waals surface area contributed by atoms with E-state index in [1.54, 1.807) is 4.31 Å². The summed E-state index contributed by atoms with van der Waals surface area (Å²) in [6, 6.07) is 7.46. The molecule has 0 amide bonds. The first-order valence-electron chi connectivity index (χ1n) is 7.66. The number of ether oxygens (including phenoxy) is 1. The molecule has 5 nitrogen and oxygen atoms in total. The Hall–Kier alpha value is -1.11. The van der Waals surface area contributed by atoms with Crippen LogP contribution in [0.5, 0.6) is 5.75 Å². The van der Waals surface area contributed by atoms with Crippen LogP contribution in [0, 0.1) is 0 Å². The molecule has 21 heavy (non-hydrogen) atoms. The number of nitrogens with one attached hydrogen (secondary N) is 1. The van der Waals surface area contributed by atoms with E-state index in [9.17, 15) is 8.42 Å². The number of hydrogen-bond donors (Lipinski definition) is 1. The first-order chi connectivity index (χ1) is 10.2. The first kappa shape index (κ1) is 14.8. The summed E-state index contributed by atoms with van der Waals surface area (Å²) in [4.78, 5) is 0. The van der Waals surface area contributed by atoms with Crippen molar-refractivity contribution in [3.05, 3.63) is 29.8 Å². The number of hydrogen-bond acceptors (Lipinski definition) is 3. The van der Waals surface area contributed by atoms with Gasteiger partial charge in [-0.05, 0) is 18.9 Å². The average molecular weight is 310 g/mol. The van der Waals surface area contributed by atoms with Crippen molar-refractivity contribution in [1.82, 2.24) is 9.03 Å². The van der Waals surface area contributed by atoms with Crippen LogP contribution in [-0.2, 0) is 10.2 Å². The minimum atomic E-state index is -3.42. The number of nitrogens with zero attached hydrogens (tertiary/aromatic N) is 1. The highest BCUT2D eigenvalue weighted by Gasteiger charge is 2.29. The van der Waals surface area contributed by atoms with Crippen molar-refractivity contribution in [2.24, 2.45) is 0 Å². The van der Waals surface area contributed by atoms with Crippen molar-refractivity contribution in [2.45, 2.75) is 38.1 Å². The molecule has 2 heterocycles. The number of para-hydroxylation sites is 1. The molecule has 0 aromatic heterocycles. The molecule has 1 fully saturated rings. The van der Waals surface area contributed by atoms with E-state index in [0.717, 1.165) is 37.0 Å². The summed E-state index contributed by atoms with van der Waals surface area (Å²) in [5, 5.41) is 0. The third-order valence-electron chi connectivity index (χ3n) is 4.15. The predicted molar refractivity (Wildman–Crippen MR) is 81.4 cm³/mol. The minimum absolute atomic E-state index is 0.191. The fourth-order valence-electron chi connectivity index (χ4n) is 3.00. The number of fused-ring (bicyclic) bond motifs is 1. The molecular weight excluding hydrogens is 288 g/mol. The molecule has 0 aliphatic carbocycles. The molecule has 6 heteroatoms. The molecule has 1 aromatic rings. The van der Waals surface area contributed by atoms with Crippen molar-refractivity contribution >= 4 is 10.2 Å². The molecule has 2 aliphatic heterocycles. The van der Waals surface area contributed by atoms with Gasteiger partial charge in [0.1, 0.15) is 5.75 Å². The molecule has 0 saturated carbocycles. The summed E-state index contributed by atoms with van der Waals surface area (Å²) < 4.78 is 35.2. The Morgan fingerprint density at radius 3 is 2.57 bits per heavy atom. The Bertz CT molecular complexity index is 580. The maximum Gasteiger partial charge on any atom is 0.280 e. The molecule has 1 saturated heterocycles. The van der Waals surface area contributed by atoms with Gasteiger partial charge < -0.3 is 4.74 Å². The monoisotopic (exact) mass is 310 g/mol. The fraction of sp³-hybridized carbons (Fsp3) is 0.600. The number of benzene rings is 1. The highest BCUT2D eigenvalue weighted by Crippen LogP contribution is 2.32. The molecule has 2 aliphatic rings. The lowest BCUT2D eigenvalue weighted by molar-refractivity contribution is 0.261. The zero-order valence-corrected chi connectivity index (χ0v) is 12.9. The second kappa shape index (κ2) is 6.34. The van der Waals surface area contributed by atoms with Crippen LogP contribution in [0.1, 0.15) is 43.7 Å². The van der Waals surface area contributed by atoms with Gasteiger partial charge in [-0.2, -0.15) is 17.4 Å². The first-order valence-corrected chi connectivity index (χ1v) is 9.10. The van der Waals surface area contributed by atoms with Crippen LogP contribution in [0.15, 0.2) is 24.3 Å². The second-order valence-electron chi connectivity index (χ2n) is 5.66. The molecule has 1 N–H and O–H groups in total. The number of rotatable bonds is 3. The van der Waals surface area contributed by atoms with Gasteiger partial charge in [0, 0.05) is 25.1 Å². The molecule has 3 rings (SSSR count). The maximum atomic E-state index is 12.6. The van der Waals surface area contributed by atoms with Crippen LogP contribution in [0.25, 0.3) is 0 Å². The van der Waals surface area contributed by atoms with E-state index in [-0.39, 0.29) is 6.04 Å². The molecular formula is C15H22N2O3S. The van der Waals surface area contributed by atoms with Crippen molar-refractivity contribution in [2.75, 3.05) is 19.7 Å². The van der Waals surface area contributed by atoms with E-state index in [1.807, 2.05) is 24.3 Å². The van der Waals surface area contributed by atoms with E-state index >= 15 is 0 Å². The highest BCUT2D eigenvalue weighted by molar-refractivity contribution is 7.87. The molecule has 0 spiro atoms. The Morgan fingerprint density at radius 2 is 1.81 bits per heavy atom. The summed E-state index contributed by atoms with van der Waals surface area (Å²) in [6.07, 6.45) is 4.80. The van der Waals surface area contributed by atoms with Crippen molar-refractivity contribution in [3.63, 3.8) is 0 Å². The van der Waals surface area contributed by atoms with E-state index in [0.29, 0.717) is 26.1 Å². The predicted octanol–water partition coefficient (Wildman–Crippen LogP) is 2.22. The quantitative estimate of drug-likeness (QED) is 0.931. The van der Waals surface area contributed by atoms with Crippen LogP contribution in [0.2, 0.25) is 0 Å². The fourth-order valence-corrected chi connectivity index (χ4v) is 4.49. The molecule has 0 bridgehead atoms. The van der Waals surface area contributed by atoms with Crippen LogP contribution in [0.3, 0.4) is 0 Å². The third kappa shape index (κ3) is 3.39.